The minimum atomic E-state index is -0.881. The molecule has 7 heteroatoms. The number of benzene rings is 1. The molecule has 108 valence electrons. The average molecular weight is 299 g/mol. The second-order valence-electron chi connectivity index (χ2n) is 4.67. The van der Waals surface area contributed by atoms with E-state index in [1.165, 1.54) is 12.0 Å². The molecule has 2 rings (SSSR count). The van der Waals surface area contributed by atoms with Gasteiger partial charge < -0.3 is 20.1 Å². The number of nitrogens with one attached hydrogen (secondary N) is 1. The molecule has 1 aromatic carbocycles. The summed E-state index contributed by atoms with van der Waals surface area (Å²) in [6, 6.07) is 3.00. The van der Waals surface area contributed by atoms with Crippen LogP contribution in [0.3, 0.4) is 0 Å². The van der Waals surface area contributed by atoms with Gasteiger partial charge in [0, 0.05) is 24.2 Å². The summed E-state index contributed by atoms with van der Waals surface area (Å²) in [4.78, 5) is 24.1. The molecule has 0 atom stereocenters. The zero-order valence-electron chi connectivity index (χ0n) is 11.1. The van der Waals surface area contributed by atoms with Crippen molar-refractivity contribution in [2.24, 2.45) is 5.92 Å². The quantitative estimate of drug-likeness (QED) is 0.896. The number of halogens is 1. The van der Waals surface area contributed by atoms with E-state index in [4.69, 9.17) is 21.4 Å². The lowest BCUT2D eigenvalue weighted by Crippen LogP contribution is -2.54. The van der Waals surface area contributed by atoms with Crippen LogP contribution in [-0.4, -0.2) is 42.2 Å². The number of urea groups is 1. The molecule has 0 saturated carbocycles. The fraction of sp³-hybridized carbons (Fsp3) is 0.385. The minimum Gasteiger partial charge on any atom is -0.495 e. The fourth-order valence-corrected chi connectivity index (χ4v) is 2.08. The minimum absolute atomic E-state index is 0.218. The Kier molecular flexibility index (Phi) is 4.04. The van der Waals surface area contributed by atoms with Crippen molar-refractivity contribution in [3.8, 4) is 5.75 Å². The van der Waals surface area contributed by atoms with Gasteiger partial charge in [-0.1, -0.05) is 11.6 Å². The van der Waals surface area contributed by atoms with Crippen LogP contribution in [-0.2, 0) is 4.79 Å². The van der Waals surface area contributed by atoms with Crippen molar-refractivity contribution < 1.29 is 19.4 Å². The Balaban J connectivity index is 2.05. The number of carbonyl (C=O) groups excluding carboxylic acids is 1. The molecule has 1 aliphatic heterocycles. The third kappa shape index (κ3) is 2.80. The molecule has 0 bridgehead atoms. The highest BCUT2D eigenvalue weighted by molar-refractivity contribution is 6.31. The predicted octanol–water partition coefficient (Wildman–Crippen LogP) is 2.21. The van der Waals surface area contributed by atoms with E-state index in [9.17, 15) is 9.59 Å². The van der Waals surface area contributed by atoms with Crippen molar-refractivity contribution in [3.05, 3.63) is 22.7 Å². The third-order valence-corrected chi connectivity index (χ3v) is 3.65. The molecule has 1 aromatic rings. The smallest absolute Gasteiger partial charge is 0.321 e. The van der Waals surface area contributed by atoms with E-state index in [1.807, 2.05) is 6.92 Å². The van der Waals surface area contributed by atoms with Crippen molar-refractivity contribution in [3.63, 3.8) is 0 Å². The van der Waals surface area contributed by atoms with E-state index < -0.39 is 11.9 Å². The Morgan fingerprint density at radius 1 is 1.45 bits per heavy atom. The Labute approximate surface area is 121 Å². The van der Waals surface area contributed by atoms with Gasteiger partial charge in [0.2, 0.25) is 0 Å². The van der Waals surface area contributed by atoms with E-state index in [1.54, 1.807) is 12.1 Å². The van der Waals surface area contributed by atoms with Crippen molar-refractivity contribution in [1.29, 1.82) is 0 Å². The second-order valence-corrected chi connectivity index (χ2v) is 5.08. The van der Waals surface area contributed by atoms with Gasteiger partial charge in [-0.05, 0) is 18.6 Å². The van der Waals surface area contributed by atoms with Crippen LogP contribution in [0.25, 0.3) is 0 Å². The topological polar surface area (TPSA) is 78.9 Å². The van der Waals surface area contributed by atoms with Crippen LogP contribution in [0.2, 0.25) is 5.02 Å². The summed E-state index contributed by atoms with van der Waals surface area (Å²) in [7, 11) is 1.49. The van der Waals surface area contributed by atoms with E-state index in [0.29, 0.717) is 16.5 Å². The zero-order chi connectivity index (χ0) is 14.9. The van der Waals surface area contributed by atoms with Gasteiger partial charge in [0.1, 0.15) is 5.75 Å². The summed E-state index contributed by atoms with van der Waals surface area (Å²) < 4.78 is 5.16. The molecule has 1 saturated heterocycles. The third-order valence-electron chi connectivity index (χ3n) is 3.24. The Bertz CT molecular complexity index is 556. The van der Waals surface area contributed by atoms with Crippen molar-refractivity contribution in [2.45, 2.75) is 6.92 Å². The molecule has 0 spiro atoms. The number of methoxy groups -OCH3 is 1. The van der Waals surface area contributed by atoms with Gasteiger partial charge in [-0.3, -0.25) is 4.79 Å². The maximum absolute atomic E-state index is 12.0. The highest BCUT2D eigenvalue weighted by atomic mass is 35.5. The molecule has 2 amide bonds. The van der Waals surface area contributed by atoms with Crippen LogP contribution < -0.4 is 10.1 Å². The van der Waals surface area contributed by atoms with E-state index >= 15 is 0 Å². The zero-order valence-corrected chi connectivity index (χ0v) is 11.9. The number of ether oxygens (including phenoxy) is 1. The Hall–Kier alpha value is -1.95. The number of anilines is 1. The van der Waals surface area contributed by atoms with Crippen molar-refractivity contribution in [2.75, 3.05) is 25.5 Å². The first kappa shape index (κ1) is 14.5. The van der Waals surface area contributed by atoms with Gasteiger partial charge in [-0.2, -0.15) is 0 Å². The summed E-state index contributed by atoms with van der Waals surface area (Å²) in [6.07, 6.45) is 0. The van der Waals surface area contributed by atoms with Gasteiger partial charge in [0.05, 0.1) is 18.7 Å². The molecule has 2 N–H and O–H groups in total. The summed E-state index contributed by atoms with van der Waals surface area (Å²) in [5.74, 6) is -0.896. The second kappa shape index (κ2) is 5.58. The van der Waals surface area contributed by atoms with Crippen molar-refractivity contribution >= 4 is 29.3 Å². The molecule has 6 nitrogen and oxygen atoms in total. The van der Waals surface area contributed by atoms with Crippen LogP contribution in [0, 0.1) is 12.8 Å². The van der Waals surface area contributed by atoms with Gasteiger partial charge in [-0.15, -0.1) is 0 Å². The molecule has 20 heavy (non-hydrogen) atoms. The Morgan fingerprint density at radius 2 is 2.10 bits per heavy atom. The van der Waals surface area contributed by atoms with Gasteiger partial charge in [0.25, 0.3) is 0 Å². The number of carbonyl (C=O) groups is 2. The molecular formula is C13H15ClN2O4. The predicted molar refractivity (Wildman–Crippen MR) is 74.5 cm³/mol. The van der Waals surface area contributed by atoms with Crippen LogP contribution in [0.1, 0.15) is 5.56 Å². The monoisotopic (exact) mass is 298 g/mol. The highest BCUT2D eigenvalue weighted by Crippen LogP contribution is 2.31. The SMILES string of the molecule is COc1cc(Cl)c(C)cc1NC(=O)N1CC(C(=O)O)C1. The number of aliphatic carboxylic acids is 1. The number of hydrogen-bond acceptors (Lipinski definition) is 3. The number of carboxylic acids is 1. The van der Waals surface area contributed by atoms with Crippen LogP contribution in [0.4, 0.5) is 10.5 Å². The largest absolute Gasteiger partial charge is 0.495 e. The summed E-state index contributed by atoms with van der Waals surface area (Å²) >= 11 is 5.99. The lowest BCUT2D eigenvalue weighted by atomic mass is 10.0. The normalized spacial score (nSPS) is 14.7. The van der Waals surface area contributed by atoms with E-state index in [2.05, 4.69) is 5.32 Å². The van der Waals surface area contributed by atoms with E-state index in [-0.39, 0.29) is 19.1 Å². The fourth-order valence-electron chi connectivity index (χ4n) is 1.92. The number of amides is 2. The average Bonchev–Trinajstić information content (AvgIpc) is 2.31. The first-order chi connectivity index (χ1) is 9.42. The van der Waals surface area contributed by atoms with Crippen LogP contribution in [0.15, 0.2) is 12.1 Å². The maximum atomic E-state index is 12.0. The lowest BCUT2D eigenvalue weighted by molar-refractivity contribution is -0.145. The van der Waals surface area contributed by atoms with Crippen molar-refractivity contribution in [1.82, 2.24) is 4.90 Å². The molecule has 1 fully saturated rings. The first-order valence-corrected chi connectivity index (χ1v) is 6.43. The van der Waals surface area contributed by atoms with E-state index in [0.717, 1.165) is 5.56 Å². The number of nitrogens with zero attached hydrogens (tertiary/aromatic N) is 1. The number of rotatable bonds is 3. The molecule has 0 radical (unpaired) electrons. The molecule has 0 aliphatic carbocycles. The first-order valence-electron chi connectivity index (χ1n) is 6.05. The van der Waals surface area contributed by atoms with Gasteiger partial charge in [-0.25, -0.2) is 4.79 Å². The van der Waals surface area contributed by atoms with Gasteiger partial charge in [0.15, 0.2) is 0 Å². The summed E-state index contributed by atoms with van der Waals surface area (Å²) in [5, 5.41) is 12.0. The molecular weight excluding hydrogens is 284 g/mol. The standard InChI is InChI=1S/C13H15ClN2O4/c1-7-3-10(11(20-2)4-9(7)14)15-13(19)16-5-8(6-16)12(17)18/h3-4,8H,5-6H2,1-2H3,(H,15,19)(H,17,18). The summed E-state index contributed by atoms with van der Waals surface area (Å²) in [6.45, 7) is 2.26. The van der Waals surface area contributed by atoms with Crippen LogP contribution >= 0.6 is 11.6 Å². The highest BCUT2D eigenvalue weighted by Gasteiger charge is 2.35. The number of hydrogen-bond donors (Lipinski definition) is 2. The molecule has 1 aliphatic rings. The number of aryl methyl sites for hydroxylation is 1. The van der Waals surface area contributed by atoms with Gasteiger partial charge >= 0.3 is 12.0 Å². The molecule has 0 aromatic heterocycles. The van der Waals surface area contributed by atoms with Crippen LogP contribution in [0.5, 0.6) is 5.75 Å². The molecule has 1 heterocycles. The lowest BCUT2D eigenvalue weighted by Gasteiger charge is -2.36. The summed E-state index contributed by atoms with van der Waals surface area (Å²) in [5.41, 5.74) is 1.33. The Morgan fingerprint density at radius 3 is 2.65 bits per heavy atom. The number of likely N-dealkylation sites (tertiary alicyclic amines) is 1. The molecule has 0 unspecified atom stereocenters. The maximum Gasteiger partial charge on any atom is 0.321 e. The number of carboxylic acid groups (broad SMARTS) is 1.